The van der Waals surface area contributed by atoms with Crippen LogP contribution in [0.5, 0.6) is 0 Å². The fourth-order valence-electron chi connectivity index (χ4n) is 2.15. The molecule has 96 valence electrons. The van der Waals surface area contributed by atoms with E-state index in [1.165, 1.54) is 19.3 Å². The first-order chi connectivity index (χ1) is 7.86. The Morgan fingerprint density at radius 2 is 2.25 bits per heavy atom. The van der Waals surface area contributed by atoms with Crippen LogP contribution in [0.3, 0.4) is 0 Å². The van der Waals surface area contributed by atoms with E-state index in [-0.39, 0.29) is 0 Å². The van der Waals surface area contributed by atoms with Crippen LogP contribution in [0.1, 0.15) is 32.1 Å². The smallest absolute Gasteiger partial charge is 0.0586 e. The summed E-state index contributed by atoms with van der Waals surface area (Å²) in [6.45, 7) is 1.40. The first-order valence-corrected chi connectivity index (χ1v) is 7.47. The minimum Gasteiger partial charge on any atom is -0.396 e. The van der Waals surface area contributed by atoms with Crippen molar-refractivity contribution in [1.29, 1.82) is 0 Å². The second-order valence-electron chi connectivity index (χ2n) is 4.36. The number of ether oxygens (including phenoxy) is 1. The van der Waals surface area contributed by atoms with Crippen molar-refractivity contribution in [2.45, 2.75) is 44.2 Å². The van der Waals surface area contributed by atoms with Crippen LogP contribution >= 0.6 is 11.8 Å². The van der Waals surface area contributed by atoms with Crippen LogP contribution in [0.2, 0.25) is 0 Å². The summed E-state index contributed by atoms with van der Waals surface area (Å²) in [6, 6.07) is 0.650. The van der Waals surface area contributed by atoms with Gasteiger partial charge in [-0.15, -0.1) is 0 Å². The maximum absolute atomic E-state index is 8.64. The molecule has 16 heavy (non-hydrogen) atoms. The van der Waals surface area contributed by atoms with E-state index in [9.17, 15) is 0 Å². The van der Waals surface area contributed by atoms with Crippen molar-refractivity contribution in [2.24, 2.45) is 0 Å². The largest absolute Gasteiger partial charge is 0.396 e. The van der Waals surface area contributed by atoms with Gasteiger partial charge in [-0.05, 0) is 37.9 Å². The van der Waals surface area contributed by atoms with Crippen LogP contribution in [-0.4, -0.2) is 49.0 Å². The third-order valence-electron chi connectivity index (χ3n) is 3.09. The van der Waals surface area contributed by atoms with E-state index in [1.54, 1.807) is 0 Å². The molecule has 2 N–H and O–H groups in total. The highest BCUT2D eigenvalue weighted by molar-refractivity contribution is 7.99. The number of aliphatic hydroxyl groups is 1. The standard InChI is InChI=1S/C12H25NO2S/c1-15-12-5-2-4-11(10-12)13-6-9-16-8-3-7-14/h11-14H,2-10H2,1H3. The molecule has 0 aromatic heterocycles. The van der Waals surface area contributed by atoms with Gasteiger partial charge in [0.05, 0.1) is 6.10 Å². The molecule has 1 fully saturated rings. The molecule has 1 rings (SSSR count). The molecule has 0 radical (unpaired) electrons. The maximum atomic E-state index is 8.64. The van der Waals surface area contributed by atoms with E-state index in [2.05, 4.69) is 5.32 Å². The van der Waals surface area contributed by atoms with Crippen molar-refractivity contribution >= 4 is 11.8 Å². The van der Waals surface area contributed by atoms with Crippen molar-refractivity contribution < 1.29 is 9.84 Å². The summed E-state index contributed by atoms with van der Waals surface area (Å²) in [7, 11) is 1.82. The van der Waals surface area contributed by atoms with Crippen molar-refractivity contribution in [3.05, 3.63) is 0 Å². The Kier molecular flexibility index (Phi) is 8.29. The molecular weight excluding hydrogens is 222 g/mol. The Bertz CT molecular complexity index is 169. The Hall–Kier alpha value is 0.230. The van der Waals surface area contributed by atoms with Crippen molar-refractivity contribution in [3.8, 4) is 0 Å². The first kappa shape index (κ1) is 14.3. The Balaban J connectivity index is 1.95. The number of aliphatic hydroxyl groups excluding tert-OH is 1. The molecule has 1 saturated carbocycles. The highest BCUT2D eigenvalue weighted by Gasteiger charge is 2.20. The third-order valence-corrected chi connectivity index (χ3v) is 4.16. The maximum Gasteiger partial charge on any atom is 0.0586 e. The van der Waals surface area contributed by atoms with Gasteiger partial charge in [0.1, 0.15) is 0 Å². The van der Waals surface area contributed by atoms with E-state index >= 15 is 0 Å². The Morgan fingerprint density at radius 3 is 3.00 bits per heavy atom. The molecule has 1 aliphatic rings. The predicted octanol–water partition coefficient (Wildman–Crippen LogP) is 1.65. The topological polar surface area (TPSA) is 41.5 Å². The minimum atomic E-state index is 0.318. The molecule has 0 aromatic rings. The number of thioether (sulfide) groups is 1. The summed E-state index contributed by atoms with van der Waals surface area (Å²) in [6.07, 6.45) is 6.35. The number of hydrogen-bond donors (Lipinski definition) is 2. The fraction of sp³-hybridized carbons (Fsp3) is 1.00. The van der Waals surface area contributed by atoms with E-state index in [1.807, 2.05) is 18.9 Å². The van der Waals surface area contributed by atoms with Crippen LogP contribution in [0.25, 0.3) is 0 Å². The van der Waals surface area contributed by atoms with E-state index in [4.69, 9.17) is 9.84 Å². The van der Waals surface area contributed by atoms with Gasteiger partial charge in [0.15, 0.2) is 0 Å². The number of rotatable bonds is 8. The lowest BCUT2D eigenvalue weighted by Gasteiger charge is -2.28. The number of hydrogen-bond acceptors (Lipinski definition) is 4. The molecule has 0 spiro atoms. The zero-order valence-electron chi connectivity index (χ0n) is 10.3. The molecule has 0 heterocycles. The van der Waals surface area contributed by atoms with Crippen LogP contribution in [0, 0.1) is 0 Å². The van der Waals surface area contributed by atoms with Crippen LogP contribution < -0.4 is 5.32 Å². The molecular formula is C12H25NO2S. The van der Waals surface area contributed by atoms with Gasteiger partial charge in [-0.3, -0.25) is 0 Å². The summed E-state index contributed by atoms with van der Waals surface area (Å²) >= 11 is 1.92. The zero-order chi connectivity index (χ0) is 11.6. The zero-order valence-corrected chi connectivity index (χ0v) is 11.1. The van der Waals surface area contributed by atoms with E-state index in [0.29, 0.717) is 18.8 Å². The minimum absolute atomic E-state index is 0.318. The van der Waals surface area contributed by atoms with Gasteiger partial charge in [0, 0.05) is 32.1 Å². The number of nitrogens with one attached hydrogen (secondary N) is 1. The predicted molar refractivity (Wildman–Crippen MR) is 70.1 cm³/mol. The van der Waals surface area contributed by atoms with Crippen LogP contribution in [0.15, 0.2) is 0 Å². The molecule has 2 unspecified atom stereocenters. The van der Waals surface area contributed by atoms with E-state index in [0.717, 1.165) is 30.9 Å². The first-order valence-electron chi connectivity index (χ1n) is 6.31. The molecule has 0 bridgehead atoms. The van der Waals surface area contributed by atoms with Gasteiger partial charge in [0.2, 0.25) is 0 Å². The van der Waals surface area contributed by atoms with Gasteiger partial charge in [0.25, 0.3) is 0 Å². The Morgan fingerprint density at radius 1 is 1.38 bits per heavy atom. The summed E-state index contributed by atoms with van der Waals surface area (Å²) in [5, 5.41) is 12.2. The molecule has 4 heteroatoms. The lowest BCUT2D eigenvalue weighted by Crippen LogP contribution is -2.37. The Labute approximate surface area is 103 Å². The second kappa shape index (κ2) is 9.28. The molecule has 0 saturated heterocycles. The summed E-state index contributed by atoms with van der Waals surface area (Å²) in [5.41, 5.74) is 0. The normalized spacial score (nSPS) is 25.9. The summed E-state index contributed by atoms with van der Waals surface area (Å²) < 4.78 is 5.41. The van der Waals surface area contributed by atoms with E-state index < -0.39 is 0 Å². The SMILES string of the molecule is COC1CCCC(NCCSCCCO)C1. The summed E-state index contributed by atoms with van der Waals surface area (Å²) in [5.74, 6) is 2.22. The fourth-order valence-corrected chi connectivity index (χ4v) is 2.95. The highest BCUT2D eigenvalue weighted by Crippen LogP contribution is 2.20. The molecule has 3 nitrogen and oxygen atoms in total. The van der Waals surface area contributed by atoms with Crippen molar-refractivity contribution in [3.63, 3.8) is 0 Å². The lowest BCUT2D eigenvalue weighted by molar-refractivity contribution is 0.0592. The molecule has 1 aliphatic carbocycles. The quantitative estimate of drug-likeness (QED) is 0.640. The average molecular weight is 247 g/mol. The molecule has 0 aromatic carbocycles. The molecule has 0 aliphatic heterocycles. The van der Waals surface area contributed by atoms with Crippen LogP contribution in [-0.2, 0) is 4.74 Å². The monoisotopic (exact) mass is 247 g/mol. The third kappa shape index (κ3) is 6.09. The van der Waals surface area contributed by atoms with Gasteiger partial charge in [-0.2, -0.15) is 11.8 Å². The van der Waals surface area contributed by atoms with Gasteiger partial charge < -0.3 is 15.2 Å². The lowest BCUT2D eigenvalue weighted by atomic mass is 9.93. The summed E-state index contributed by atoms with van der Waals surface area (Å²) in [4.78, 5) is 0. The highest BCUT2D eigenvalue weighted by atomic mass is 32.2. The average Bonchev–Trinajstić information content (AvgIpc) is 2.34. The number of methoxy groups -OCH3 is 1. The van der Waals surface area contributed by atoms with Gasteiger partial charge in [-0.1, -0.05) is 0 Å². The van der Waals surface area contributed by atoms with Crippen LogP contribution in [0.4, 0.5) is 0 Å². The van der Waals surface area contributed by atoms with Gasteiger partial charge >= 0.3 is 0 Å². The van der Waals surface area contributed by atoms with Crippen molar-refractivity contribution in [1.82, 2.24) is 5.32 Å². The molecule has 2 atom stereocenters. The van der Waals surface area contributed by atoms with Gasteiger partial charge in [-0.25, -0.2) is 0 Å². The second-order valence-corrected chi connectivity index (χ2v) is 5.59. The van der Waals surface area contributed by atoms with Crippen molar-refractivity contribution in [2.75, 3.05) is 31.8 Å². The molecule has 0 amide bonds.